The van der Waals surface area contributed by atoms with Crippen molar-refractivity contribution in [2.75, 3.05) is 13.1 Å². The summed E-state index contributed by atoms with van der Waals surface area (Å²) < 4.78 is 5.61. The molecule has 2 radical (unpaired) electrons. The summed E-state index contributed by atoms with van der Waals surface area (Å²) in [4.78, 5) is 19.7. The van der Waals surface area contributed by atoms with Crippen molar-refractivity contribution in [1.29, 1.82) is 0 Å². The number of hydrogen-bond acceptors (Lipinski definition) is 4. The molecule has 0 amide bonds. The number of hydrogen-bond donors (Lipinski definition) is 2. The number of rotatable bonds is 2. The Kier molecular flexibility index (Phi) is 3.26. The number of nitrogens with one attached hydrogen (secondary N) is 2. The Bertz CT molecular complexity index is 893. The third-order valence-electron chi connectivity index (χ3n) is 4.28. The third kappa shape index (κ3) is 2.33. The van der Waals surface area contributed by atoms with Crippen LogP contribution in [0.3, 0.4) is 0 Å². The Morgan fingerprint density at radius 1 is 1.41 bits per heavy atom. The van der Waals surface area contributed by atoms with Gasteiger partial charge >= 0.3 is 0 Å². The summed E-state index contributed by atoms with van der Waals surface area (Å²) in [7, 11) is 5.84. The smallest absolute Gasteiger partial charge is 0.294 e. The predicted octanol–water partition coefficient (Wildman–Crippen LogP) is 1.01. The second kappa shape index (κ2) is 5.28. The highest BCUT2D eigenvalue weighted by atomic mass is 16.3. The maximum absolute atomic E-state index is 12.3. The van der Waals surface area contributed by atoms with E-state index in [0.29, 0.717) is 22.5 Å². The van der Waals surface area contributed by atoms with Gasteiger partial charge in [-0.25, -0.2) is 4.98 Å². The molecule has 110 valence electrons. The lowest BCUT2D eigenvalue weighted by Crippen LogP contribution is -2.31. The molecular weight excluding hydrogens is 277 g/mol. The fraction of sp³-hybridized carbons (Fsp3) is 0.375. The molecule has 5 nitrogen and oxygen atoms in total. The fourth-order valence-corrected chi connectivity index (χ4v) is 3.19. The lowest BCUT2D eigenvalue weighted by atomic mass is 9.95. The number of aromatic nitrogens is 2. The zero-order valence-corrected chi connectivity index (χ0v) is 12.2. The van der Waals surface area contributed by atoms with Crippen LogP contribution in [0.25, 0.3) is 22.1 Å². The van der Waals surface area contributed by atoms with Crippen LogP contribution >= 0.6 is 0 Å². The predicted molar refractivity (Wildman–Crippen MR) is 86.8 cm³/mol. The van der Waals surface area contributed by atoms with Crippen molar-refractivity contribution in [3.8, 4) is 0 Å². The molecule has 1 aliphatic heterocycles. The fourth-order valence-electron chi connectivity index (χ4n) is 3.19. The Morgan fingerprint density at radius 3 is 3.14 bits per heavy atom. The van der Waals surface area contributed by atoms with E-state index in [1.165, 1.54) is 6.42 Å². The summed E-state index contributed by atoms with van der Waals surface area (Å²) in [5.41, 5.74) is 1.92. The molecule has 0 spiro atoms. The molecule has 6 heteroatoms. The summed E-state index contributed by atoms with van der Waals surface area (Å²) in [6.07, 6.45) is 3.10. The minimum absolute atomic E-state index is 0.224. The van der Waals surface area contributed by atoms with Crippen LogP contribution < -0.4 is 16.3 Å². The van der Waals surface area contributed by atoms with Gasteiger partial charge in [-0.2, -0.15) is 0 Å². The number of benzene rings is 1. The zero-order chi connectivity index (χ0) is 15.1. The number of furan rings is 1. The first-order valence-electron chi connectivity index (χ1n) is 7.62. The number of fused-ring (bicyclic) bond motifs is 3. The van der Waals surface area contributed by atoms with Crippen LogP contribution in [0.15, 0.2) is 27.4 Å². The van der Waals surface area contributed by atoms with Crippen LogP contribution in [0, 0.1) is 5.92 Å². The van der Waals surface area contributed by atoms with Gasteiger partial charge in [-0.05, 0) is 37.9 Å². The van der Waals surface area contributed by atoms with Gasteiger partial charge < -0.3 is 14.7 Å². The van der Waals surface area contributed by atoms with E-state index in [4.69, 9.17) is 12.3 Å². The topological polar surface area (TPSA) is 70.9 Å². The van der Waals surface area contributed by atoms with Gasteiger partial charge in [0.25, 0.3) is 5.56 Å². The Morgan fingerprint density at radius 2 is 2.32 bits per heavy atom. The Labute approximate surface area is 128 Å². The van der Waals surface area contributed by atoms with E-state index >= 15 is 0 Å². The molecule has 4 rings (SSSR count). The second-order valence-corrected chi connectivity index (χ2v) is 5.96. The molecule has 3 heterocycles. The molecule has 0 aliphatic carbocycles. The maximum atomic E-state index is 12.3. The molecule has 0 unspecified atom stereocenters. The first-order chi connectivity index (χ1) is 10.7. The van der Waals surface area contributed by atoms with E-state index in [1.807, 2.05) is 0 Å². The number of aromatic amines is 1. The largest absolute Gasteiger partial charge is 0.449 e. The van der Waals surface area contributed by atoms with Crippen molar-refractivity contribution in [3.05, 3.63) is 34.4 Å². The SMILES string of the molecule is [B]c1ccc2oc3c(=O)[nH]c(C[C@@H]4CCCNC4)nc3c2c1. The highest BCUT2D eigenvalue weighted by Crippen LogP contribution is 2.24. The summed E-state index contributed by atoms with van der Waals surface area (Å²) in [6.45, 7) is 2.05. The van der Waals surface area contributed by atoms with E-state index in [2.05, 4.69) is 15.3 Å². The standard InChI is InChI=1S/C16H16BN3O2/c17-10-3-4-12-11(7-10)14-15(22-12)16(21)20-13(19-14)6-9-2-1-5-18-8-9/h3-4,7,9,18H,1-2,5-6,8H2,(H,19,20,21)/t9-/m0/s1. The van der Waals surface area contributed by atoms with Gasteiger partial charge in [0.05, 0.1) is 0 Å². The van der Waals surface area contributed by atoms with Crippen LogP contribution in [-0.2, 0) is 6.42 Å². The molecule has 2 N–H and O–H groups in total. The summed E-state index contributed by atoms with van der Waals surface area (Å²) in [5.74, 6) is 1.23. The van der Waals surface area contributed by atoms with Gasteiger partial charge in [0.1, 0.15) is 24.8 Å². The number of H-pyrrole nitrogens is 1. The van der Waals surface area contributed by atoms with Crippen molar-refractivity contribution in [3.63, 3.8) is 0 Å². The first-order valence-corrected chi connectivity index (χ1v) is 7.62. The van der Waals surface area contributed by atoms with Crippen molar-refractivity contribution in [2.45, 2.75) is 19.3 Å². The van der Waals surface area contributed by atoms with E-state index in [1.54, 1.807) is 18.2 Å². The summed E-state index contributed by atoms with van der Waals surface area (Å²) >= 11 is 0. The number of piperidine rings is 1. The summed E-state index contributed by atoms with van der Waals surface area (Å²) in [5, 5.41) is 4.18. The van der Waals surface area contributed by atoms with Gasteiger partial charge in [-0.15, -0.1) is 0 Å². The highest BCUT2D eigenvalue weighted by Gasteiger charge is 2.17. The van der Waals surface area contributed by atoms with Gasteiger partial charge in [0.15, 0.2) is 0 Å². The molecule has 22 heavy (non-hydrogen) atoms. The Hall–Kier alpha value is -2.08. The molecule has 3 aromatic rings. The molecule has 1 fully saturated rings. The van der Waals surface area contributed by atoms with E-state index in [0.717, 1.165) is 37.1 Å². The zero-order valence-electron chi connectivity index (χ0n) is 12.2. The lowest BCUT2D eigenvalue weighted by molar-refractivity contribution is 0.370. The third-order valence-corrected chi connectivity index (χ3v) is 4.28. The van der Waals surface area contributed by atoms with Crippen molar-refractivity contribution in [1.82, 2.24) is 15.3 Å². The molecule has 1 saturated heterocycles. The van der Waals surface area contributed by atoms with Crippen LogP contribution in [0.1, 0.15) is 18.7 Å². The van der Waals surface area contributed by atoms with Crippen molar-refractivity contribution < 1.29 is 4.42 Å². The molecule has 2 aromatic heterocycles. The van der Waals surface area contributed by atoms with Gasteiger partial charge in [-0.3, -0.25) is 4.79 Å². The maximum Gasteiger partial charge on any atom is 0.294 e. The minimum atomic E-state index is -0.224. The first kappa shape index (κ1) is 13.6. The van der Waals surface area contributed by atoms with Gasteiger partial charge in [-0.1, -0.05) is 17.6 Å². The van der Waals surface area contributed by atoms with Crippen LogP contribution in [0.5, 0.6) is 0 Å². The monoisotopic (exact) mass is 293 g/mol. The molecular formula is C16H16BN3O2. The lowest BCUT2D eigenvalue weighted by Gasteiger charge is -2.21. The van der Waals surface area contributed by atoms with Crippen LogP contribution in [-0.4, -0.2) is 30.9 Å². The van der Waals surface area contributed by atoms with Gasteiger partial charge in [0.2, 0.25) is 5.58 Å². The van der Waals surface area contributed by atoms with Crippen molar-refractivity contribution >= 4 is 35.4 Å². The molecule has 0 saturated carbocycles. The van der Waals surface area contributed by atoms with Crippen LogP contribution in [0.2, 0.25) is 0 Å². The molecule has 1 aromatic carbocycles. The average molecular weight is 293 g/mol. The second-order valence-electron chi connectivity index (χ2n) is 5.96. The van der Waals surface area contributed by atoms with Gasteiger partial charge in [0, 0.05) is 11.8 Å². The molecule has 0 bridgehead atoms. The van der Waals surface area contributed by atoms with E-state index in [-0.39, 0.29) is 11.1 Å². The van der Waals surface area contributed by atoms with Crippen LogP contribution in [0.4, 0.5) is 0 Å². The van der Waals surface area contributed by atoms with Crippen molar-refractivity contribution in [2.24, 2.45) is 5.92 Å². The summed E-state index contributed by atoms with van der Waals surface area (Å²) in [6, 6.07) is 5.34. The molecule has 1 aliphatic rings. The number of nitrogens with zero attached hydrogens (tertiary/aromatic N) is 1. The highest BCUT2D eigenvalue weighted by molar-refractivity contribution is 6.33. The molecule has 1 atom stereocenters. The van der Waals surface area contributed by atoms with E-state index in [9.17, 15) is 4.79 Å². The quantitative estimate of drug-likeness (QED) is 0.692. The normalized spacial score (nSPS) is 19.0. The average Bonchev–Trinajstić information content (AvgIpc) is 2.87. The minimum Gasteiger partial charge on any atom is -0.449 e. The van der Waals surface area contributed by atoms with E-state index < -0.39 is 0 Å². The Balaban J connectivity index is 1.81.